The number of ether oxygens (including phenoxy) is 2. The van der Waals surface area contributed by atoms with Crippen LogP contribution in [0.25, 0.3) is 11.0 Å². The van der Waals surface area contributed by atoms with E-state index in [1.165, 1.54) is 0 Å². The fourth-order valence-electron chi connectivity index (χ4n) is 3.24. The molecule has 2 N–H and O–H groups in total. The van der Waals surface area contributed by atoms with Crippen molar-refractivity contribution in [2.24, 2.45) is 4.99 Å². The van der Waals surface area contributed by atoms with Gasteiger partial charge in [-0.2, -0.15) is 8.78 Å². The van der Waals surface area contributed by atoms with Crippen LogP contribution in [-0.4, -0.2) is 42.3 Å². The summed E-state index contributed by atoms with van der Waals surface area (Å²) in [7, 11) is 1.66. The molecule has 3 aromatic rings. The second kappa shape index (κ2) is 11.1. The number of nitrogens with zero attached hydrogens (tertiary/aromatic N) is 3. The zero-order valence-corrected chi connectivity index (χ0v) is 17.6. The van der Waals surface area contributed by atoms with Crippen molar-refractivity contribution in [3.8, 4) is 11.5 Å². The zero-order chi connectivity index (χ0) is 22.1. The van der Waals surface area contributed by atoms with Crippen molar-refractivity contribution < 1.29 is 18.3 Å². The lowest BCUT2D eigenvalue weighted by atomic mass is 10.2. The number of guanidine groups is 1. The first-order chi connectivity index (χ1) is 15.1. The van der Waals surface area contributed by atoms with E-state index in [1.54, 1.807) is 32.2 Å². The lowest BCUT2D eigenvalue weighted by Gasteiger charge is -2.17. The van der Waals surface area contributed by atoms with Gasteiger partial charge in [-0.15, -0.1) is 0 Å². The van der Waals surface area contributed by atoms with E-state index >= 15 is 0 Å². The molecule has 0 aliphatic heterocycles. The number of nitrogens with one attached hydrogen (secondary N) is 2. The number of hydrogen-bond donors (Lipinski definition) is 2. The molecule has 0 amide bonds. The molecule has 166 valence electrons. The van der Waals surface area contributed by atoms with Crippen molar-refractivity contribution in [2.45, 2.75) is 33.0 Å². The minimum atomic E-state index is -2.93. The molecule has 0 aliphatic rings. The number of fused-ring (bicyclic) bond motifs is 1. The minimum Gasteiger partial charge on any atom is -0.490 e. The molecule has 0 saturated heterocycles. The highest BCUT2D eigenvalue weighted by molar-refractivity contribution is 5.79. The van der Waals surface area contributed by atoms with Gasteiger partial charge in [0, 0.05) is 32.2 Å². The molecule has 0 radical (unpaired) electrons. The number of hydrogen-bond acceptors (Lipinski definition) is 4. The predicted octanol–water partition coefficient (Wildman–Crippen LogP) is 3.79. The molecule has 7 nitrogen and oxygen atoms in total. The Balaban J connectivity index is 1.53. The Kier molecular flexibility index (Phi) is 8.03. The number of para-hydroxylation sites is 3. The number of halogens is 2. The summed E-state index contributed by atoms with van der Waals surface area (Å²) in [5, 5.41) is 6.37. The maximum atomic E-state index is 12.9. The third kappa shape index (κ3) is 6.07. The van der Waals surface area contributed by atoms with Crippen LogP contribution in [0.3, 0.4) is 0 Å². The van der Waals surface area contributed by atoms with Crippen LogP contribution in [0, 0.1) is 0 Å². The summed E-state index contributed by atoms with van der Waals surface area (Å²) in [6.07, 6.45) is 2.70. The average Bonchev–Trinajstić information content (AvgIpc) is 3.18. The van der Waals surface area contributed by atoms with Crippen molar-refractivity contribution in [2.75, 3.05) is 20.2 Å². The summed E-state index contributed by atoms with van der Waals surface area (Å²) >= 11 is 0. The summed E-state index contributed by atoms with van der Waals surface area (Å²) < 4.78 is 38.0. The number of rotatable bonds is 10. The third-order valence-electron chi connectivity index (χ3n) is 4.63. The first-order valence-corrected chi connectivity index (χ1v) is 10.2. The molecule has 0 atom stereocenters. The quantitative estimate of drug-likeness (QED) is 0.290. The maximum absolute atomic E-state index is 12.9. The SMILES string of the molecule is CCOc1cccc(CNC(=NC)NCCCn2cnc3ccccc32)c1OC(F)F. The maximum Gasteiger partial charge on any atom is 0.387 e. The second-order valence-corrected chi connectivity index (χ2v) is 6.69. The Morgan fingerprint density at radius 1 is 1.16 bits per heavy atom. The van der Waals surface area contributed by atoms with Gasteiger partial charge in [0.2, 0.25) is 0 Å². The number of aryl methyl sites for hydroxylation is 1. The molecule has 2 aromatic carbocycles. The van der Waals surface area contributed by atoms with Crippen LogP contribution in [0.1, 0.15) is 18.9 Å². The minimum absolute atomic E-state index is 0.0364. The first-order valence-electron chi connectivity index (χ1n) is 10.2. The van der Waals surface area contributed by atoms with Crippen LogP contribution in [0.4, 0.5) is 8.78 Å². The highest BCUT2D eigenvalue weighted by Crippen LogP contribution is 2.32. The molecule has 0 bridgehead atoms. The van der Waals surface area contributed by atoms with E-state index in [0.717, 1.165) is 24.0 Å². The van der Waals surface area contributed by atoms with Gasteiger partial charge in [0.15, 0.2) is 17.5 Å². The number of imidazole rings is 1. The fourth-order valence-corrected chi connectivity index (χ4v) is 3.24. The van der Waals surface area contributed by atoms with Crippen LogP contribution in [0.5, 0.6) is 11.5 Å². The van der Waals surface area contributed by atoms with Gasteiger partial charge in [-0.1, -0.05) is 24.3 Å². The van der Waals surface area contributed by atoms with E-state index in [4.69, 9.17) is 9.47 Å². The van der Waals surface area contributed by atoms with Crippen molar-refractivity contribution >= 4 is 17.0 Å². The average molecular weight is 431 g/mol. The molecular weight excluding hydrogens is 404 g/mol. The smallest absolute Gasteiger partial charge is 0.387 e. The molecule has 0 unspecified atom stereocenters. The summed E-state index contributed by atoms with van der Waals surface area (Å²) in [5.74, 6) is 0.896. The summed E-state index contributed by atoms with van der Waals surface area (Å²) in [4.78, 5) is 8.58. The molecule has 0 spiro atoms. The molecule has 0 fully saturated rings. The lowest BCUT2D eigenvalue weighted by Crippen LogP contribution is -2.37. The van der Waals surface area contributed by atoms with E-state index in [2.05, 4.69) is 25.2 Å². The number of benzene rings is 2. The summed E-state index contributed by atoms with van der Waals surface area (Å²) in [6, 6.07) is 13.1. The van der Waals surface area contributed by atoms with E-state index in [1.807, 2.05) is 30.6 Å². The number of aliphatic imine (C=N–C) groups is 1. The van der Waals surface area contributed by atoms with Gasteiger partial charge in [-0.3, -0.25) is 4.99 Å². The number of aromatic nitrogens is 2. The third-order valence-corrected chi connectivity index (χ3v) is 4.63. The van der Waals surface area contributed by atoms with Gasteiger partial charge in [0.05, 0.1) is 24.0 Å². The van der Waals surface area contributed by atoms with E-state index in [0.29, 0.717) is 24.7 Å². The second-order valence-electron chi connectivity index (χ2n) is 6.69. The predicted molar refractivity (Wildman–Crippen MR) is 117 cm³/mol. The van der Waals surface area contributed by atoms with Gasteiger partial charge in [0.1, 0.15) is 0 Å². The molecule has 0 saturated carbocycles. The highest BCUT2D eigenvalue weighted by atomic mass is 19.3. The van der Waals surface area contributed by atoms with Crippen molar-refractivity contribution in [1.29, 1.82) is 0 Å². The first kappa shape index (κ1) is 22.3. The summed E-state index contributed by atoms with van der Waals surface area (Å²) in [5.41, 5.74) is 2.63. The monoisotopic (exact) mass is 431 g/mol. The Hall–Kier alpha value is -3.36. The fraction of sp³-hybridized carbons (Fsp3) is 0.364. The molecule has 1 aromatic heterocycles. The van der Waals surface area contributed by atoms with Crippen LogP contribution in [0.15, 0.2) is 53.8 Å². The Morgan fingerprint density at radius 2 is 2.00 bits per heavy atom. The zero-order valence-electron chi connectivity index (χ0n) is 17.6. The van der Waals surface area contributed by atoms with Crippen molar-refractivity contribution in [3.63, 3.8) is 0 Å². The topological polar surface area (TPSA) is 72.7 Å². The Bertz CT molecular complexity index is 1010. The lowest BCUT2D eigenvalue weighted by molar-refractivity contribution is -0.0520. The molecule has 3 rings (SSSR count). The Morgan fingerprint density at radius 3 is 2.77 bits per heavy atom. The molecule has 31 heavy (non-hydrogen) atoms. The Labute approximate surface area is 180 Å². The highest BCUT2D eigenvalue weighted by Gasteiger charge is 2.16. The normalized spacial score (nSPS) is 11.7. The molecule has 9 heteroatoms. The van der Waals surface area contributed by atoms with Crippen LogP contribution >= 0.6 is 0 Å². The standard InChI is InChI=1S/C22H27F2N5O2/c1-3-30-19-11-6-8-16(20(19)31-21(23)24)14-27-22(25-2)26-12-7-13-29-15-28-17-9-4-5-10-18(17)29/h4-6,8-11,15,21H,3,7,12-14H2,1-2H3,(H2,25,26,27). The largest absolute Gasteiger partial charge is 0.490 e. The number of alkyl halides is 2. The van der Waals surface area contributed by atoms with Gasteiger partial charge in [-0.05, 0) is 31.5 Å². The van der Waals surface area contributed by atoms with Gasteiger partial charge < -0.3 is 24.7 Å². The summed E-state index contributed by atoms with van der Waals surface area (Å²) in [6.45, 7) is 0.965. The van der Waals surface area contributed by atoms with Crippen LogP contribution in [0.2, 0.25) is 0 Å². The van der Waals surface area contributed by atoms with Gasteiger partial charge >= 0.3 is 6.61 Å². The van der Waals surface area contributed by atoms with Crippen LogP contribution in [-0.2, 0) is 13.1 Å². The van der Waals surface area contributed by atoms with E-state index in [-0.39, 0.29) is 18.0 Å². The van der Waals surface area contributed by atoms with E-state index < -0.39 is 6.61 Å². The van der Waals surface area contributed by atoms with E-state index in [9.17, 15) is 8.78 Å². The van der Waals surface area contributed by atoms with Gasteiger partial charge in [-0.25, -0.2) is 4.98 Å². The molecule has 1 heterocycles. The van der Waals surface area contributed by atoms with Crippen molar-refractivity contribution in [3.05, 3.63) is 54.4 Å². The molecular formula is C22H27F2N5O2. The van der Waals surface area contributed by atoms with Crippen molar-refractivity contribution in [1.82, 2.24) is 20.2 Å². The molecule has 0 aliphatic carbocycles. The van der Waals surface area contributed by atoms with Crippen LogP contribution < -0.4 is 20.1 Å². The van der Waals surface area contributed by atoms with Gasteiger partial charge in [0.25, 0.3) is 0 Å².